The fraction of sp³-hybridized carbons (Fsp3) is 0.467. The molecule has 1 saturated heterocycles. The number of rotatable bonds is 4. The zero-order valence-electron chi connectivity index (χ0n) is 10.5. The predicted molar refractivity (Wildman–Crippen MR) is 76.1 cm³/mol. The van der Waals surface area contributed by atoms with Crippen LogP contribution in [0.5, 0.6) is 0 Å². The molecule has 2 rings (SSSR count). The van der Waals surface area contributed by atoms with Crippen molar-refractivity contribution < 1.29 is 5.11 Å². The Morgan fingerprint density at radius 1 is 1.18 bits per heavy atom. The van der Waals surface area contributed by atoms with E-state index in [2.05, 4.69) is 36.9 Å². The van der Waals surface area contributed by atoms with Crippen molar-refractivity contribution in [1.29, 1.82) is 0 Å². The molecule has 0 saturated carbocycles. The maximum Gasteiger partial charge on any atom is 0.112 e. The van der Waals surface area contributed by atoms with Crippen LogP contribution in [0.4, 0.5) is 0 Å². The van der Waals surface area contributed by atoms with Crippen molar-refractivity contribution in [2.45, 2.75) is 37.8 Å². The molecule has 0 spiro atoms. The lowest BCUT2D eigenvalue weighted by Crippen LogP contribution is -2.51. The Morgan fingerprint density at radius 3 is 2.59 bits per heavy atom. The maximum atomic E-state index is 9.14. The van der Waals surface area contributed by atoms with Crippen LogP contribution in [0.15, 0.2) is 42.1 Å². The summed E-state index contributed by atoms with van der Waals surface area (Å²) in [5, 5.41) is 12.2. The first-order valence-electron chi connectivity index (χ1n) is 6.64. The molecular formula is C15H22OSi. The average Bonchev–Trinajstić information content (AvgIpc) is 2.39. The smallest absolute Gasteiger partial charge is 0.112 e. The van der Waals surface area contributed by atoms with E-state index in [0.29, 0.717) is 6.61 Å². The number of hydrogen-bond acceptors (Lipinski definition) is 1. The standard InChI is InChI=1S/C15H22OSi/c1-14-8-5-6-12-17(14,13-7-11-16)15-9-3-2-4-10-15/h2-4,9-10,16H,1,5-8,11-13H2. The molecule has 0 bridgehead atoms. The Kier molecular flexibility index (Phi) is 4.19. The molecule has 1 N–H and O–H groups in total. The first-order valence-corrected chi connectivity index (χ1v) is 9.06. The van der Waals surface area contributed by atoms with Crippen molar-refractivity contribution in [2.24, 2.45) is 0 Å². The fourth-order valence-corrected chi connectivity index (χ4v) is 8.16. The lowest BCUT2D eigenvalue weighted by atomic mass is 10.2. The lowest BCUT2D eigenvalue weighted by molar-refractivity contribution is 0.294. The number of benzene rings is 1. The molecule has 1 fully saturated rings. The summed E-state index contributed by atoms with van der Waals surface area (Å²) < 4.78 is 0. The molecule has 0 radical (unpaired) electrons. The summed E-state index contributed by atoms with van der Waals surface area (Å²) in [6.07, 6.45) is 4.78. The first-order chi connectivity index (χ1) is 8.29. The van der Waals surface area contributed by atoms with Crippen molar-refractivity contribution >= 4 is 13.3 Å². The first kappa shape index (κ1) is 12.6. The number of hydrogen-bond donors (Lipinski definition) is 1. The van der Waals surface area contributed by atoms with E-state index >= 15 is 0 Å². The average molecular weight is 246 g/mol. The summed E-state index contributed by atoms with van der Waals surface area (Å²) in [4.78, 5) is 0. The van der Waals surface area contributed by atoms with E-state index in [-0.39, 0.29) is 0 Å². The molecule has 1 heterocycles. The van der Waals surface area contributed by atoms with Crippen LogP contribution in [0.3, 0.4) is 0 Å². The number of aliphatic hydroxyl groups excluding tert-OH is 1. The summed E-state index contributed by atoms with van der Waals surface area (Å²) in [5.41, 5.74) is 0. The van der Waals surface area contributed by atoms with Crippen LogP contribution in [0.25, 0.3) is 0 Å². The van der Waals surface area contributed by atoms with E-state index in [1.165, 1.54) is 41.7 Å². The fourth-order valence-electron chi connectivity index (χ4n) is 3.11. The highest BCUT2D eigenvalue weighted by molar-refractivity contribution is 6.97. The normalized spacial score (nSPS) is 24.9. The molecule has 1 aliphatic rings. The monoisotopic (exact) mass is 246 g/mol. The van der Waals surface area contributed by atoms with Crippen LogP contribution in [-0.4, -0.2) is 19.8 Å². The molecule has 92 valence electrons. The van der Waals surface area contributed by atoms with Crippen LogP contribution in [-0.2, 0) is 0 Å². The quantitative estimate of drug-likeness (QED) is 0.810. The topological polar surface area (TPSA) is 20.2 Å². The second kappa shape index (κ2) is 5.65. The van der Waals surface area contributed by atoms with Gasteiger partial charge in [0.25, 0.3) is 0 Å². The molecule has 0 aliphatic carbocycles. The van der Waals surface area contributed by atoms with E-state index in [0.717, 1.165) is 6.42 Å². The third kappa shape index (κ3) is 2.53. The zero-order valence-corrected chi connectivity index (χ0v) is 11.5. The molecule has 0 amide bonds. The van der Waals surface area contributed by atoms with Crippen LogP contribution in [0, 0.1) is 0 Å². The van der Waals surface area contributed by atoms with Crippen LogP contribution in [0.1, 0.15) is 25.7 Å². The Hall–Kier alpha value is -0.863. The molecule has 1 aromatic rings. The molecule has 1 unspecified atom stereocenters. The van der Waals surface area contributed by atoms with Crippen molar-refractivity contribution in [3.05, 3.63) is 42.1 Å². The number of aliphatic hydroxyl groups is 1. The minimum Gasteiger partial charge on any atom is -0.396 e. The number of allylic oxidation sites excluding steroid dienone is 1. The molecule has 1 aliphatic heterocycles. The second-order valence-electron chi connectivity index (χ2n) is 5.09. The predicted octanol–water partition coefficient (Wildman–Crippen LogP) is 3.00. The minimum absolute atomic E-state index is 0.314. The summed E-state index contributed by atoms with van der Waals surface area (Å²) in [5.74, 6) is 0. The Morgan fingerprint density at radius 2 is 1.94 bits per heavy atom. The van der Waals surface area contributed by atoms with Crippen LogP contribution < -0.4 is 5.19 Å². The molecular weight excluding hydrogens is 224 g/mol. The Balaban J connectivity index is 2.32. The molecule has 1 aromatic carbocycles. The van der Waals surface area contributed by atoms with Crippen molar-refractivity contribution in [2.75, 3.05) is 6.61 Å². The van der Waals surface area contributed by atoms with Gasteiger partial charge < -0.3 is 5.11 Å². The highest BCUT2D eigenvalue weighted by Crippen LogP contribution is 2.35. The second-order valence-corrected chi connectivity index (χ2v) is 9.53. The van der Waals surface area contributed by atoms with Gasteiger partial charge in [0.1, 0.15) is 8.07 Å². The lowest BCUT2D eigenvalue weighted by Gasteiger charge is -2.38. The highest BCUT2D eigenvalue weighted by atomic mass is 28.3. The molecule has 0 aromatic heterocycles. The van der Waals surface area contributed by atoms with Gasteiger partial charge in [-0.3, -0.25) is 0 Å². The Labute approximate surface area is 105 Å². The van der Waals surface area contributed by atoms with Gasteiger partial charge in [-0.2, -0.15) is 0 Å². The van der Waals surface area contributed by atoms with E-state index in [1.807, 2.05) is 0 Å². The van der Waals surface area contributed by atoms with Gasteiger partial charge in [0.2, 0.25) is 0 Å². The SMILES string of the molecule is C=C1CCCC[Si]1(CCCO)c1ccccc1. The molecule has 17 heavy (non-hydrogen) atoms. The van der Waals surface area contributed by atoms with Gasteiger partial charge in [0.05, 0.1) is 0 Å². The molecule has 1 atom stereocenters. The summed E-state index contributed by atoms with van der Waals surface area (Å²) in [6, 6.07) is 13.4. The largest absolute Gasteiger partial charge is 0.396 e. The van der Waals surface area contributed by atoms with Gasteiger partial charge in [0.15, 0.2) is 0 Å². The summed E-state index contributed by atoms with van der Waals surface area (Å²) in [6.45, 7) is 4.69. The van der Waals surface area contributed by atoms with Crippen LogP contribution in [0.2, 0.25) is 12.1 Å². The van der Waals surface area contributed by atoms with Gasteiger partial charge in [0, 0.05) is 6.61 Å². The summed E-state index contributed by atoms with van der Waals surface area (Å²) in [7, 11) is -1.54. The highest BCUT2D eigenvalue weighted by Gasteiger charge is 2.38. The van der Waals surface area contributed by atoms with Gasteiger partial charge >= 0.3 is 0 Å². The van der Waals surface area contributed by atoms with Gasteiger partial charge in [-0.25, -0.2) is 0 Å². The van der Waals surface area contributed by atoms with Crippen molar-refractivity contribution in [3.63, 3.8) is 0 Å². The van der Waals surface area contributed by atoms with E-state index in [9.17, 15) is 0 Å². The van der Waals surface area contributed by atoms with Gasteiger partial charge in [-0.1, -0.05) is 53.6 Å². The van der Waals surface area contributed by atoms with E-state index < -0.39 is 8.07 Å². The molecule has 2 heteroatoms. The minimum atomic E-state index is -1.54. The Bertz CT molecular complexity index is 374. The van der Waals surface area contributed by atoms with Crippen LogP contribution >= 0.6 is 0 Å². The van der Waals surface area contributed by atoms with Gasteiger partial charge in [-0.05, 0) is 24.9 Å². The van der Waals surface area contributed by atoms with Gasteiger partial charge in [-0.15, -0.1) is 6.58 Å². The maximum absolute atomic E-state index is 9.14. The summed E-state index contributed by atoms with van der Waals surface area (Å²) >= 11 is 0. The zero-order chi connectivity index (χ0) is 12.1. The van der Waals surface area contributed by atoms with Crippen molar-refractivity contribution in [1.82, 2.24) is 0 Å². The molecule has 1 nitrogen and oxygen atoms in total. The third-order valence-corrected chi connectivity index (χ3v) is 9.55. The third-order valence-electron chi connectivity index (χ3n) is 4.10. The van der Waals surface area contributed by atoms with E-state index in [4.69, 9.17) is 5.11 Å². The van der Waals surface area contributed by atoms with Crippen molar-refractivity contribution in [3.8, 4) is 0 Å². The van der Waals surface area contributed by atoms with E-state index in [1.54, 1.807) is 0 Å².